The molecular formula is C16H21NO. The first-order chi connectivity index (χ1) is 8.61. The number of nitrogens with two attached hydrogens (primary N) is 1. The first kappa shape index (κ1) is 12.9. The molecule has 96 valence electrons. The Morgan fingerprint density at radius 3 is 2.50 bits per heavy atom. The fourth-order valence-corrected chi connectivity index (χ4v) is 1.80. The van der Waals surface area contributed by atoms with Gasteiger partial charge in [0.2, 0.25) is 0 Å². The van der Waals surface area contributed by atoms with Crippen LogP contribution in [-0.2, 0) is 0 Å². The topological polar surface area (TPSA) is 35.2 Å². The van der Waals surface area contributed by atoms with Crippen molar-refractivity contribution >= 4 is 10.8 Å². The highest BCUT2D eigenvalue weighted by Crippen LogP contribution is 2.22. The van der Waals surface area contributed by atoms with E-state index in [1.54, 1.807) is 0 Å². The molecular weight excluding hydrogens is 222 g/mol. The second-order valence-electron chi connectivity index (χ2n) is 5.48. The summed E-state index contributed by atoms with van der Waals surface area (Å²) in [6.45, 7) is 5.73. The molecule has 2 heteroatoms. The van der Waals surface area contributed by atoms with Crippen LogP contribution in [0, 0.1) is 5.41 Å². The van der Waals surface area contributed by atoms with Crippen LogP contribution in [0.3, 0.4) is 0 Å². The quantitative estimate of drug-likeness (QED) is 0.871. The third-order valence-electron chi connectivity index (χ3n) is 3.32. The van der Waals surface area contributed by atoms with Crippen molar-refractivity contribution in [2.24, 2.45) is 11.1 Å². The van der Waals surface area contributed by atoms with Crippen LogP contribution in [0.5, 0.6) is 5.75 Å². The lowest BCUT2D eigenvalue weighted by atomic mass is 9.90. The number of fused-ring (bicyclic) bond motifs is 1. The Hall–Kier alpha value is -1.54. The van der Waals surface area contributed by atoms with Crippen LogP contribution in [0.15, 0.2) is 42.5 Å². The Morgan fingerprint density at radius 1 is 1.06 bits per heavy atom. The van der Waals surface area contributed by atoms with Crippen LogP contribution in [0.2, 0.25) is 0 Å². The van der Waals surface area contributed by atoms with Crippen LogP contribution >= 0.6 is 0 Å². The van der Waals surface area contributed by atoms with E-state index < -0.39 is 0 Å². The van der Waals surface area contributed by atoms with Crippen molar-refractivity contribution in [2.45, 2.75) is 20.3 Å². The molecule has 2 N–H and O–H groups in total. The molecule has 0 aromatic heterocycles. The zero-order valence-electron chi connectivity index (χ0n) is 11.1. The largest absolute Gasteiger partial charge is 0.494 e. The zero-order chi connectivity index (χ0) is 13.0. The van der Waals surface area contributed by atoms with Gasteiger partial charge in [-0.1, -0.05) is 44.2 Å². The average molecular weight is 243 g/mol. The number of hydrogen-bond acceptors (Lipinski definition) is 2. The molecule has 0 aliphatic carbocycles. The third kappa shape index (κ3) is 3.23. The minimum Gasteiger partial charge on any atom is -0.494 e. The maximum absolute atomic E-state index is 5.80. The fourth-order valence-electron chi connectivity index (χ4n) is 1.80. The maximum Gasteiger partial charge on any atom is 0.119 e. The van der Waals surface area contributed by atoms with Gasteiger partial charge < -0.3 is 10.5 Å². The van der Waals surface area contributed by atoms with Gasteiger partial charge in [-0.05, 0) is 41.3 Å². The summed E-state index contributed by atoms with van der Waals surface area (Å²) in [6.07, 6.45) is 0.969. The van der Waals surface area contributed by atoms with Gasteiger partial charge in [-0.2, -0.15) is 0 Å². The summed E-state index contributed by atoms with van der Waals surface area (Å²) in [5.41, 5.74) is 5.85. The van der Waals surface area contributed by atoms with E-state index in [1.807, 2.05) is 18.2 Å². The molecule has 2 aromatic carbocycles. The van der Waals surface area contributed by atoms with Crippen molar-refractivity contribution < 1.29 is 4.74 Å². The van der Waals surface area contributed by atoms with E-state index in [9.17, 15) is 0 Å². The van der Waals surface area contributed by atoms with Crippen molar-refractivity contribution in [2.75, 3.05) is 13.2 Å². The van der Waals surface area contributed by atoms with Crippen molar-refractivity contribution in [1.29, 1.82) is 0 Å². The normalized spacial score (nSPS) is 11.7. The van der Waals surface area contributed by atoms with Gasteiger partial charge in [0.25, 0.3) is 0 Å². The Morgan fingerprint density at radius 2 is 1.78 bits per heavy atom. The van der Waals surface area contributed by atoms with E-state index in [1.165, 1.54) is 10.8 Å². The Kier molecular flexibility index (Phi) is 3.87. The van der Waals surface area contributed by atoms with Crippen molar-refractivity contribution in [3.8, 4) is 5.75 Å². The number of benzene rings is 2. The van der Waals surface area contributed by atoms with Gasteiger partial charge in [0, 0.05) is 0 Å². The van der Waals surface area contributed by atoms with Crippen LogP contribution < -0.4 is 10.5 Å². The van der Waals surface area contributed by atoms with Gasteiger partial charge in [0.05, 0.1) is 6.61 Å². The molecule has 0 bridgehead atoms. The Labute approximate surface area is 109 Å². The highest BCUT2D eigenvalue weighted by Gasteiger charge is 2.15. The van der Waals surface area contributed by atoms with Gasteiger partial charge in [-0.15, -0.1) is 0 Å². The molecule has 0 amide bonds. The highest BCUT2D eigenvalue weighted by atomic mass is 16.5. The van der Waals surface area contributed by atoms with Crippen LogP contribution in [0.25, 0.3) is 10.8 Å². The predicted molar refractivity (Wildman–Crippen MR) is 76.9 cm³/mol. The van der Waals surface area contributed by atoms with Crippen LogP contribution in [0.1, 0.15) is 20.3 Å². The third-order valence-corrected chi connectivity index (χ3v) is 3.32. The monoisotopic (exact) mass is 243 g/mol. The van der Waals surface area contributed by atoms with E-state index in [4.69, 9.17) is 10.5 Å². The lowest BCUT2D eigenvalue weighted by Crippen LogP contribution is -2.25. The Bertz CT molecular complexity index is 519. The molecule has 2 rings (SSSR count). The molecule has 0 radical (unpaired) electrons. The molecule has 2 aromatic rings. The first-order valence-corrected chi connectivity index (χ1v) is 6.42. The molecule has 0 aliphatic heterocycles. The average Bonchev–Trinajstić information content (AvgIpc) is 2.38. The molecule has 18 heavy (non-hydrogen) atoms. The summed E-state index contributed by atoms with van der Waals surface area (Å²) >= 11 is 0. The van der Waals surface area contributed by atoms with E-state index in [0.29, 0.717) is 13.2 Å². The number of rotatable bonds is 5. The number of ether oxygens (including phenoxy) is 1. The van der Waals surface area contributed by atoms with E-state index in [0.717, 1.165) is 12.2 Å². The van der Waals surface area contributed by atoms with Crippen molar-refractivity contribution in [3.63, 3.8) is 0 Å². The SMILES string of the molecule is CC(C)(CN)CCOc1ccc2ccccc2c1. The molecule has 0 heterocycles. The molecule has 2 nitrogen and oxygen atoms in total. The maximum atomic E-state index is 5.80. The fraction of sp³-hybridized carbons (Fsp3) is 0.375. The van der Waals surface area contributed by atoms with Gasteiger partial charge in [0.15, 0.2) is 0 Å². The van der Waals surface area contributed by atoms with Gasteiger partial charge in [-0.3, -0.25) is 0 Å². The summed E-state index contributed by atoms with van der Waals surface area (Å²) in [6, 6.07) is 14.5. The Balaban J connectivity index is 2.00. The van der Waals surface area contributed by atoms with Crippen molar-refractivity contribution in [3.05, 3.63) is 42.5 Å². The van der Waals surface area contributed by atoms with Crippen LogP contribution in [0.4, 0.5) is 0 Å². The predicted octanol–water partition coefficient (Wildman–Crippen LogP) is 3.59. The van der Waals surface area contributed by atoms with E-state index in [2.05, 4.69) is 38.1 Å². The van der Waals surface area contributed by atoms with Gasteiger partial charge >= 0.3 is 0 Å². The van der Waals surface area contributed by atoms with E-state index >= 15 is 0 Å². The number of hydrogen-bond donors (Lipinski definition) is 1. The summed E-state index contributed by atoms with van der Waals surface area (Å²) in [4.78, 5) is 0. The molecule has 0 saturated heterocycles. The van der Waals surface area contributed by atoms with Gasteiger partial charge in [-0.25, -0.2) is 0 Å². The molecule has 0 saturated carbocycles. The minimum atomic E-state index is 0.150. The molecule has 0 fully saturated rings. The molecule has 0 atom stereocenters. The van der Waals surface area contributed by atoms with Crippen LogP contribution in [-0.4, -0.2) is 13.2 Å². The summed E-state index contributed by atoms with van der Waals surface area (Å²) < 4.78 is 5.80. The highest BCUT2D eigenvalue weighted by molar-refractivity contribution is 5.83. The molecule has 0 aliphatic rings. The summed E-state index contributed by atoms with van der Waals surface area (Å²) in [7, 11) is 0. The smallest absolute Gasteiger partial charge is 0.119 e. The second kappa shape index (κ2) is 5.40. The molecule has 0 unspecified atom stereocenters. The molecule has 0 spiro atoms. The standard InChI is InChI=1S/C16H21NO/c1-16(2,12-17)9-10-18-15-8-7-13-5-3-4-6-14(13)11-15/h3-8,11H,9-10,12,17H2,1-2H3. The zero-order valence-corrected chi connectivity index (χ0v) is 11.1. The summed E-state index contributed by atoms with van der Waals surface area (Å²) in [5, 5.41) is 2.46. The lowest BCUT2D eigenvalue weighted by molar-refractivity contribution is 0.233. The van der Waals surface area contributed by atoms with Crippen molar-refractivity contribution in [1.82, 2.24) is 0 Å². The second-order valence-corrected chi connectivity index (χ2v) is 5.48. The lowest BCUT2D eigenvalue weighted by Gasteiger charge is -2.22. The minimum absolute atomic E-state index is 0.150. The van der Waals surface area contributed by atoms with Gasteiger partial charge in [0.1, 0.15) is 5.75 Å². The summed E-state index contributed by atoms with van der Waals surface area (Å²) in [5.74, 6) is 0.932. The first-order valence-electron chi connectivity index (χ1n) is 6.42. The van der Waals surface area contributed by atoms with E-state index in [-0.39, 0.29) is 5.41 Å².